The van der Waals surface area contributed by atoms with Gasteiger partial charge in [0.1, 0.15) is 5.82 Å². The Hall–Kier alpha value is -1.69. The Balaban J connectivity index is 1.56. The Morgan fingerprint density at radius 3 is 2.58 bits per heavy atom. The van der Waals surface area contributed by atoms with Crippen LogP contribution in [-0.2, 0) is 6.54 Å². The first kappa shape index (κ1) is 19.1. The molecule has 0 spiro atoms. The van der Waals surface area contributed by atoms with Crippen molar-refractivity contribution in [2.75, 3.05) is 31.5 Å². The van der Waals surface area contributed by atoms with E-state index >= 15 is 0 Å². The molecule has 1 aliphatic rings. The molecule has 3 rings (SSSR count). The minimum absolute atomic E-state index is 0.243. The third-order valence-electron chi connectivity index (χ3n) is 4.74. The molecule has 6 heteroatoms. The van der Waals surface area contributed by atoms with Crippen molar-refractivity contribution in [3.63, 3.8) is 0 Å². The summed E-state index contributed by atoms with van der Waals surface area (Å²) < 4.78 is 14.0. The van der Waals surface area contributed by atoms with Gasteiger partial charge in [0, 0.05) is 49.0 Å². The number of rotatable bonds is 3. The van der Waals surface area contributed by atoms with Gasteiger partial charge in [-0.15, -0.1) is 0 Å². The molecular weight excluding hydrogens is 369 g/mol. The lowest BCUT2D eigenvalue weighted by atomic mass is 10.1. The summed E-state index contributed by atoms with van der Waals surface area (Å²) in [6.07, 6.45) is 0. The van der Waals surface area contributed by atoms with E-state index in [-0.39, 0.29) is 5.82 Å². The van der Waals surface area contributed by atoms with Crippen LogP contribution in [0.4, 0.5) is 10.1 Å². The maximum atomic E-state index is 14.0. The third-order valence-corrected chi connectivity index (χ3v) is 5.45. The van der Waals surface area contributed by atoms with E-state index in [2.05, 4.69) is 47.2 Å². The molecule has 0 bridgehead atoms. The normalized spacial score (nSPS) is 15.2. The number of hydrogen-bond acceptors (Lipinski definition) is 2. The quantitative estimate of drug-likeness (QED) is 0.770. The molecule has 0 atom stereocenters. The standard InChI is InChI=1S/C20H23ClFN3S/c1-14-6-7-15(2)19(12-14)23-20(26)25-10-8-24(9-11-25)13-16-17(21)4-3-5-18(16)22/h3-7,12H,8-11,13H2,1-2H3,(H,23,26). The zero-order valence-electron chi connectivity index (χ0n) is 15.1. The van der Waals surface area contributed by atoms with Gasteiger partial charge < -0.3 is 10.2 Å². The predicted molar refractivity (Wildman–Crippen MR) is 110 cm³/mol. The predicted octanol–water partition coefficient (Wildman–Crippen LogP) is 4.61. The highest BCUT2D eigenvalue weighted by atomic mass is 35.5. The summed E-state index contributed by atoms with van der Waals surface area (Å²) >= 11 is 11.7. The molecule has 1 aliphatic heterocycles. The van der Waals surface area contributed by atoms with Crippen LogP contribution in [0.5, 0.6) is 0 Å². The van der Waals surface area contributed by atoms with Crippen LogP contribution in [0.25, 0.3) is 0 Å². The van der Waals surface area contributed by atoms with E-state index in [1.165, 1.54) is 17.2 Å². The Morgan fingerprint density at radius 1 is 1.15 bits per heavy atom. The van der Waals surface area contributed by atoms with Crippen LogP contribution in [0.3, 0.4) is 0 Å². The van der Waals surface area contributed by atoms with Gasteiger partial charge in [0.2, 0.25) is 0 Å². The topological polar surface area (TPSA) is 18.5 Å². The van der Waals surface area contributed by atoms with Crippen LogP contribution in [0.1, 0.15) is 16.7 Å². The first-order valence-corrected chi connectivity index (χ1v) is 9.51. The summed E-state index contributed by atoms with van der Waals surface area (Å²) in [5.74, 6) is -0.243. The minimum Gasteiger partial charge on any atom is -0.346 e. The molecule has 0 aromatic heterocycles. The van der Waals surface area contributed by atoms with Gasteiger partial charge in [-0.2, -0.15) is 0 Å². The maximum absolute atomic E-state index is 14.0. The minimum atomic E-state index is -0.243. The average molecular weight is 392 g/mol. The molecule has 1 saturated heterocycles. The van der Waals surface area contributed by atoms with Gasteiger partial charge in [0.25, 0.3) is 0 Å². The molecule has 1 heterocycles. The molecule has 26 heavy (non-hydrogen) atoms. The van der Waals surface area contributed by atoms with E-state index in [0.29, 0.717) is 17.1 Å². The molecular formula is C20H23ClFN3S. The molecule has 0 amide bonds. The van der Waals surface area contributed by atoms with E-state index in [9.17, 15) is 4.39 Å². The zero-order valence-corrected chi connectivity index (χ0v) is 16.6. The SMILES string of the molecule is Cc1ccc(C)c(NC(=S)N2CCN(Cc3c(F)cccc3Cl)CC2)c1. The fourth-order valence-corrected chi connectivity index (χ4v) is 3.60. The highest BCUT2D eigenvalue weighted by Gasteiger charge is 2.21. The Labute approximate surface area is 164 Å². The van der Waals surface area contributed by atoms with E-state index in [4.69, 9.17) is 23.8 Å². The van der Waals surface area contributed by atoms with E-state index in [1.54, 1.807) is 12.1 Å². The molecule has 0 saturated carbocycles. The molecule has 2 aromatic rings. The Kier molecular flexibility index (Phi) is 6.12. The van der Waals surface area contributed by atoms with Crippen LogP contribution in [-0.4, -0.2) is 41.1 Å². The molecule has 2 aromatic carbocycles. The highest BCUT2D eigenvalue weighted by Crippen LogP contribution is 2.22. The highest BCUT2D eigenvalue weighted by molar-refractivity contribution is 7.80. The van der Waals surface area contributed by atoms with Gasteiger partial charge >= 0.3 is 0 Å². The second-order valence-corrected chi connectivity index (χ2v) is 7.51. The van der Waals surface area contributed by atoms with E-state index in [1.807, 2.05) is 0 Å². The van der Waals surface area contributed by atoms with Gasteiger partial charge in [-0.1, -0.05) is 29.8 Å². The van der Waals surface area contributed by atoms with Crippen molar-refractivity contribution >= 4 is 34.6 Å². The number of benzene rings is 2. The second kappa shape index (κ2) is 8.33. The van der Waals surface area contributed by atoms with Crippen molar-refractivity contribution in [2.24, 2.45) is 0 Å². The number of piperazine rings is 1. The lowest BCUT2D eigenvalue weighted by molar-refractivity contribution is 0.175. The van der Waals surface area contributed by atoms with Crippen molar-refractivity contribution in [1.29, 1.82) is 0 Å². The lowest BCUT2D eigenvalue weighted by Crippen LogP contribution is -2.49. The number of hydrogen-bond donors (Lipinski definition) is 1. The van der Waals surface area contributed by atoms with Crippen LogP contribution in [0, 0.1) is 19.7 Å². The van der Waals surface area contributed by atoms with Crippen molar-refractivity contribution in [1.82, 2.24) is 9.80 Å². The number of aryl methyl sites for hydroxylation is 2. The summed E-state index contributed by atoms with van der Waals surface area (Å²) in [5.41, 5.74) is 3.99. The number of nitrogens with one attached hydrogen (secondary N) is 1. The fourth-order valence-electron chi connectivity index (χ4n) is 3.08. The van der Waals surface area contributed by atoms with Gasteiger partial charge in [0.05, 0.1) is 0 Å². The van der Waals surface area contributed by atoms with Gasteiger partial charge in [-0.25, -0.2) is 4.39 Å². The number of anilines is 1. The first-order valence-electron chi connectivity index (χ1n) is 8.72. The van der Waals surface area contributed by atoms with Gasteiger partial charge in [-0.05, 0) is 55.4 Å². The molecule has 0 unspecified atom stereocenters. The zero-order chi connectivity index (χ0) is 18.7. The van der Waals surface area contributed by atoms with E-state index < -0.39 is 0 Å². The summed E-state index contributed by atoms with van der Waals surface area (Å²) in [4.78, 5) is 4.37. The number of halogens is 2. The van der Waals surface area contributed by atoms with Crippen LogP contribution < -0.4 is 5.32 Å². The maximum Gasteiger partial charge on any atom is 0.173 e. The fraction of sp³-hybridized carbons (Fsp3) is 0.350. The summed E-state index contributed by atoms with van der Waals surface area (Å²) in [7, 11) is 0. The monoisotopic (exact) mass is 391 g/mol. The average Bonchev–Trinajstić information content (AvgIpc) is 2.62. The van der Waals surface area contributed by atoms with Crippen LogP contribution in [0.15, 0.2) is 36.4 Å². The van der Waals surface area contributed by atoms with Crippen molar-refractivity contribution < 1.29 is 4.39 Å². The molecule has 0 radical (unpaired) electrons. The Morgan fingerprint density at radius 2 is 1.88 bits per heavy atom. The largest absolute Gasteiger partial charge is 0.346 e. The smallest absolute Gasteiger partial charge is 0.173 e. The summed E-state index contributed by atoms with van der Waals surface area (Å²) in [6.45, 7) is 7.92. The van der Waals surface area contributed by atoms with Crippen molar-refractivity contribution in [2.45, 2.75) is 20.4 Å². The van der Waals surface area contributed by atoms with Gasteiger partial charge in [0.15, 0.2) is 5.11 Å². The van der Waals surface area contributed by atoms with E-state index in [0.717, 1.165) is 37.0 Å². The van der Waals surface area contributed by atoms with Crippen LogP contribution in [0.2, 0.25) is 5.02 Å². The Bertz CT molecular complexity index is 783. The molecule has 138 valence electrons. The van der Waals surface area contributed by atoms with Crippen LogP contribution >= 0.6 is 23.8 Å². The molecule has 3 nitrogen and oxygen atoms in total. The molecule has 1 N–H and O–H groups in total. The first-order chi connectivity index (χ1) is 12.4. The lowest BCUT2D eigenvalue weighted by Gasteiger charge is -2.36. The number of thiocarbonyl (C=S) groups is 1. The van der Waals surface area contributed by atoms with Crippen molar-refractivity contribution in [3.05, 3.63) is 63.9 Å². The molecule has 0 aliphatic carbocycles. The van der Waals surface area contributed by atoms with Crippen molar-refractivity contribution in [3.8, 4) is 0 Å². The van der Waals surface area contributed by atoms with Gasteiger partial charge in [-0.3, -0.25) is 4.90 Å². The number of nitrogens with zero attached hydrogens (tertiary/aromatic N) is 2. The summed E-state index contributed by atoms with van der Waals surface area (Å²) in [5, 5.41) is 4.59. The molecule has 1 fully saturated rings. The second-order valence-electron chi connectivity index (χ2n) is 6.71. The third kappa shape index (κ3) is 4.53. The summed E-state index contributed by atoms with van der Waals surface area (Å²) in [6, 6.07) is 11.1.